The summed E-state index contributed by atoms with van der Waals surface area (Å²) in [4.78, 5) is 15.7. The number of nitrogens with zero attached hydrogens (tertiary/aromatic N) is 4. The number of rotatable bonds is 3. The van der Waals surface area contributed by atoms with Gasteiger partial charge in [0.15, 0.2) is 23.3 Å². The van der Waals surface area contributed by atoms with Crippen LogP contribution in [-0.2, 0) is 21.7 Å². The third-order valence-corrected chi connectivity index (χ3v) is 12.4. The van der Waals surface area contributed by atoms with Gasteiger partial charge in [-0.1, -0.05) is 166 Å². The molecular formula is C66H80Cl2F12N4. The Labute approximate surface area is 499 Å². The number of halogens is 14. The summed E-state index contributed by atoms with van der Waals surface area (Å²) in [6, 6.07) is 13.1. The monoisotopic (exact) mass is 1230 g/mol. The van der Waals surface area contributed by atoms with Crippen LogP contribution in [0.4, 0.5) is 52.7 Å². The van der Waals surface area contributed by atoms with Gasteiger partial charge in [-0.05, 0) is 79.5 Å². The maximum absolute atomic E-state index is 13.5. The second kappa shape index (κ2) is 32.5. The second-order valence-electron chi connectivity index (χ2n) is 24.7. The van der Waals surface area contributed by atoms with Crippen LogP contribution >= 0.6 is 23.2 Å². The molecule has 0 aliphatic carbocycles. The minimum absolute atomic E-state index is 0.0416. The summed E-state index contributed by atoms with van der Waals surface area (Å²) in [6.45, 7) is 38.2. The number of hydrogen-bond donors (Lipinski definition) is 0. The number of benzene rings is 3. The lowest BCUT2D eigenvalue weighted by molar-refractivity contribution is 0.447. The van der Waals surface area contributed by atoms with E-state index in [4.69, 9.17) is 23.2 Å². The van der Waals surface area contributed by atoms with Gasteiger partial charge in [-0.3, -0.25) is 19.9 Å². The zero-order valence-corrected chi connectivity index (χ0v) is 53.4. The fourth-order valence-corrected chi connectivity index (χ4v) is 7.55. The van der Waals surface area contributed by atoms with Crippen LogP contribution in [0.3, 0.4) is 0 Å². The smallest absolute Gasteiger partial charge is 0.181 e. The third-order valence-electron chi connectivity index (χ3n) is 11.8. The summed E-state index contributed by atoms with van der Waals surface area (Å²) < 4.78 is 156. The molecule has 0 N–H and O–H groups in total. The summed E-state index contributed by atoms with van der Waals surface area (Å²) in [5.41, 5.74) is 2.41. The molecule has 0 saturated carbocycles. The number of aryl methyl sites for hydroxylation is 2. The van der Waals surface area contributed by atoms with Crippen molar-refractivity contribution in [3.05, 3.63) is 221 Å². The molecule has 4 nitrogen and oxygen atoms in total. The van der Waals surface area contributed by atoms with E-state index in [9.17, 15) is 52.7 Å². The molecule has 3 aromatic carbocycles. The van der Waals surface area contributed by atoms with Crippen molar-refractivity contribution in [2.24, 2.45) is 0 Å². The number of aromatic nitrogens is 4. The molecule has 4 aromatic heterocycles. The molecule has 7 rings (SSSR count). The molecule has 0 unspecified atom stereocenters. The van der Waals surface area contributed by atoms with Gasteiger partial charge in [0, 0.05) is 75.1 Å². The summed E-state index contributed by atoms with van der Waals surface area (Å²) in [5, 5.41) is 0.339. The Hall–Kier alpha value is -6.00. The Morgan fingerprint density at radius 2 is 0.810 bits per heavy atom. The number of pyridine rings is 4. The molecule has 0 amide bonds. The van der Waals surface area contributed by atoms with Crippen LogP contribution in [0.15, 0.2) is 85.5 Å². The first-order chi connectivity index (χ1) is 38.3. The van der Waals surface area contributed by atoms with E-state index in [2.05, 4.69) is 19.9 Å². The van der Waals surface area contributed by atoms with E-state index in [1.807, 2.05) is 96.9 Å². The van der Waals surface area contributed by atoms with Gasteiger partial charge in [0.25, 0.3) is 0 Å². The first-order valence-electron chi connectivity index (χ1n) is 26.9. The van der Waals surface area contributed by atoms with Crippen LogP contribution in [0.2, 0.25) is 10.0 Å². The summed E-state index contributed by atoms with van der Waals surface area (Å²) in [5.74, 6) is -7.12. The molecule has 462 valence electrons. The van der Waals surface area contributed by atoms with Gasteiger partial charge >= 0.3 is 0 Å². The zero-order chi connectivity index (χ0) is 65.3. The Morgan fingerprint density at radius 1 is 0.369 bits per heavy atom. The molecule has 18 heteroatoms. The van der Waals surface area contributed by atoms with Gasteiger partial charge in [0.05, 0.1) is 39.0 Å². The fraction of sp³-hybridized carbons (Fsp3) is 0.424. The highest BCUT2D eigenvalue weighted by molar-refractivity contribution is 6.31. The highest BCUT2D eigenvalue weighted by Gasteiger charge is 2.25. The molecule has 0 atom stereocenters. The van der Waals surface area contributed by atoms with Gasteiger partial charge in [0.2, 0.25) is 0 Å². The lowest BCUT2D eigenvalue weighted by atomic mass is 9.90. The molecule has 84 heavy (non-hydrogen) atoms. The van der Waals surface area contributed by atoms with E-state index in [1.54, 1.807) is 59.0 Å². The Balaban J connectivity index is 0.000000490. The maximum Gasteiger partial charge on any atom is 0.181 e. The lowest BCUT2D eigenvalue weighted by Crippen LogP contribution is -2.17. The second-order valence-corrected chi connectivity index (χ2v) is 25.5. The molecule has 0 aliphatic rings. The average molecular weight is 1230 g/mol. The molecule has 0 radical (unpaired) electrons. The predicted molar refractivity (Wildman–Crippen MR) is 317 cm³/mol. The lowest BCUT2D eigenvalue weighted by Gasteiger charge is -2.19. The average Bonchev–Trinajstić information content (AvgIpc) is 3.42. The van der Waals surface area contributed by atoms with Crippen LogP contribution in [0.25, 0.3) is 0 Å². The van der Waals surface area contributed by atoms with E-state index >= 15 is 0 Å². The molecule has 0 fully saturated rings. The van der Waals surface area contributed by atoms with Crippen molar-refractivity contribution in [1.29, 1.82) is 0 Å². The van der Waals surface area contributed by atoms with Crippen LogP contribution in [0, 0.1) is 90.6 Å². The standard InChI is InChI=1S/2C10H13F2N.C10H14FN.C9H11ClFN.C9H10ClF.C9H9F3.C9H10F2/c1-6-7(11)5-13-9(8(6)12)10(2,3)4;1-6-5-13-9(10(2,3)4)8(12)7(6)11;1-7-5-8(11)9(12-6-7)10(2,3)4;1-9(2,3)8-7(11)6(10)4-5-12-8;1-6(2)7-4-3-5-8(10)9(7)11;1-5(2)9-7(11)3-6(10)4-8(9)12;1-6(2)8-4-3-7(10)5-9(8)11/h2*5H,1-4H3;5-6H,1-4H3;4-5H,1-3H3;3-6H,1-2H3;3-5H,1-2H3;3-6H,1-2H3. The highest BCUT2D eigenvalue weighted by Crippen LogP contribution is 2.30. The van der Waals surface area contributed by atoms with Gasteiger partial charge < -0.3 is 0 Å². The SMILES string of the molecule is CC(C)(C)c1nccc(Cl)c1F.CC(C)c1c(F)cc(F)cc1F.CC(C)c1ccc(F)cc1F.CC(C)c1cccc(Cl)c1F.Cc1c(F)cnc(C(C)(C)C)c1F.Cc1cnc(C(C)(C)C)c(F)c1.Cc1cnc(C(C)(C)C)c(F)c1F. The van der Waals surface area contributed by atoms with Crippen LogP contribution in [0.1, 0.15) is 199 Å². The molecule has 0 aliphatic heterocycles. The molecular weight excluding hydrogens is 1150 g/mol. The molecule has 7 aromatic rings. The minimum atomic E-state index is -0.880. The van der Waals surface area contributed by atoms with Gasteiger partial charge in [0.1, 0.15) is 46.5 Å². The van der Waals surface area contributed by atoms with Crippen molar-refractivity contribution in [1.82, 2.24) is 19.9 Å². The Morgan fingerprint density at radius 3 is 1.24 bits per heavy atom. The van der Waals surface area contributed by atoms with E-state index < -0.39 is 63.6 Å². The quantitative estimate of drug-likeness (QED) is 0.165. The van der Waals surface area contributed by atoms with Crippen LogP contribution < -0.4 is 0 Å². The van der Waals surface area contributed by atoms with Gasteiger partial charge in [-0.2, -0.15) is 0 Å². The molecule has 4 heterocycles. The highest BCUT2D eigenvalue weighted by atomic mass is 35.5. The van der Waals surface area contributed by atoms with E-state index in [0.29, 0.717) is 40.3 Å². The van der Waals surface area contributed by atoms with Gasteiger partial charge in [-0.25, -0.2) is 52.7 Å². The van der Waals surface area contributed by atoms with Crippen molar-refractivity contribution < 1.29 is 52.7 Å². The van der Waals surface area contributed by atoms with Crippen LogP contribution in [0.5, 0.6) is 0 Å². The molecule has 0 spiro atoms. The molecule has 0 bridgehead atoms. The van der Waals surface area contributed by atoms with Crippen LogP contribution in [-0.4, -0.2) is 19.9 Å². The molecule has 0 saturated heterocycles. The van der Waals surface area contributed by atoms with Crippen molar-refractivity contribution in [2.45, 2.75) is 185 Å². The summed E-state index contributed by atoms with van der Waals surface area (Å²) >= 11 is 11.2. The van der Waals surface area contributed by atoms with Gasteiger partial charge in [-0.15, -0.1) is 0 Å². The predicted octanol–water partition coefficient (Wildman–Crippen LogP) is 21.8. The zero-order valence-electron chi connectivity index (χ0n) is 51.9. The number of hydrogen-bond acceptors (Lipinski definition) is 4. The first kappa shape index (κ1) is 76.0. The van der Waals surface area contributed by atoms with Crippen molar-refractivity contribution >= 4 is 23.2 Å². The summed E-state index contributed by atoms with van der Waals surface area (Å²) in [6.07, 6.45) is 5.65. The van der Waals surface area contributed by atoms with E-state index in [1.165, 1.54) is 50.5 Å². The topological polar surface area (TPSA) is 51.6 Å². The Bertz CT molecular complexity index is 3160. The van der Waals surface area contributed by atoms with E-state index in [-0.39, 0.29) is 78.1 Å². The van der Waals surface area contributed by atoms with Crippen molar-refractivity contribution in [3.63, 3.8) is 0 Å². The normalized spacial score (nSPS) is 11.4. The van der Waals surface area contributed by atoms with Crippen molar-refractivity contribution in [2.75, 3.05) is 0 Å². The maximum atomic E-state index is 13.5. The minimum Gasteiger partial charge on any atom is -0.258 e. The third kappa shape index (κ3) is 23.8. The fourth-order valence-electron chi connectivity index (χ4n) is 7.22. The van der Waals surface area contributed by atoms with Crippen molar-refractivity contribution in [3.8, 4) is 0 Å². The first-order valence-corrected chi connectivity index (χ1v) is 27.6. The van der Waals surface area contributed by atoms with E-state index in [0.717, 1.165) is 17.8 Å². The largest absolute Gasteiger partial charge is 0.258 e. The summed E-state index contributed by atoms with van der Waals surface area (Å²) in [7, 11) is 0. The Kier molecular flexibility index (Phi) is 29.4.